The van der Waals surface area contributed by atoms with Gasteiger partial charge in [-0.25, -0.2) is 4.57 Å². The minimum Gasteiger partial charge on any atom is -0.495 e. The molecule has 3 aromatic rings. The van der Waals surface area contributed by atoms with Gasteiger partial charge in [0.15, 0.2) is 0 Å². The zero-order valence-electron chi connectivity index (χ0n) is 18.0. The Morgan fingerprint density at radius 3 is 2.69 bits per heavy atom. The van der Waals surface area contributed by atoms with Crippen molar-refractivity contribution in [2.45, 2.75) is 6.42 Å². The molecule has 7 nitrogen and oxygen atoms in total. The molecule has 4 rings (SSSR count). The maximum Gasteiger partial charge on any atom is 0.265 e. The van der Waals surface area contributed by atoms with Crippen LogP contribution in [0.15, 0.2) is 52.3 Å². The molecule has 0 amide bonds. The Balaban J connectivity index is 1.69. The number of pyridine rings is 1. The summed E-state index contributed by atoms with van der Waals surface area (Å²) >= 11 is 6.18. The van der Waals surface area contributed by atoms with Crippen molar-refractivity contribution < 1.29 is 14.6 Å². The normalized spacial score (nSPS) is 14.9. The van der Waals surface area contributed by atoms with Gasteiger partial charge in [0.1, 0.15) is 5.75 Å². The SMILES string of the molecule is COc1ccc(Cl)cc1-n1c(O)c(C=NCCCN2CCOCC2)c2ccccc2c1=O. The monoisotopic (exact) mass is 455 g/mol. The van der Waals surface area contributed by atoms with Crippen molar-refractivity contribution in [3.8, 4) is 17.3 Å². The molecule has 0 unspecified atom stereocenters. The summed E-state index contributed by atoms with van der Waals surface area (Å²) in [5.74, 6) is 0.224. The van der Waals surface area contributed by atoms with Crippen LogP contribution in [0.2, 0.25) is 5.02 Å². The van der Waals surface area contributed by atoms with Crippen molar-refractivity contribution in [1.82, 2.24) is 9.47 Å². The summed E-state index contributed by atoms with van der Waals surface area (Å²) in [7, 11) is 1.51. The second kappa shape index (κ2) is 10.2. The van der Waals surface area contributed by atoms with Crippen LogP contribution < -0.4 is 10.3 Å². The Bertz CT molecular complexity index is 1190. The predicted octanol–water partition coefficient (Wildman–Crippen LogP) is 3.50. The number of morpholine rings is 1. The van der Waals surface area contributed by atoms with E-state index in [0.29, 0.717) is 39.3 Å². The lowest BCUT2D eigenvalue weighted by molar-refractivity contribution is 0.0377. The third kappa shape index (κ3) is 4.65. The minimum absolute atomic E-state index is 0.203. The van der Waals surface area contributed by atoms with E-state index in [9.17, 15) is 9.90 Å². The topological polar surface area (TPSA) is 76.3 Å². The summed E-state index contributed by atoms with van der Waals surface area (Å²) in [6.07, 6.45) is 2.54. The van der Waals surface area contributed by atoms with E-state index in [1.807, 2.05) is 12.1 Å². The maximum absolute atomic E-state index is 13.3. The molecule has 8 heteroatoms. The molecule has 1 saturated heterocycles. The van der Waals surface area contributed by atoms with Gasteiger partial charge in [0.25, 0.3) is 5.56 Å². The second-order valence-corrected chi connectivity index (χ2v) is 8.02. The van der Waals surface area contributed by atoms with Crippen LogP contribution in [0.5, 0.6) is 11.6 Å². The number of ether oxygens (including phenoxy) is 2. The van der Waals surface area contributed by atoms with E-state index in [4.69, 9.17) is 21.1 Å². The number of aliphatic imine (C=N–C) groups is 1. The first-order valence-corrected chi connectivity index (χ1v) is 11.0. The van der Waals surface area contributed by atoms with E-state index in [-0.39, 0.29) is 11.4 Å². The molecule has 168 valence electrons. The Morgan fingerprint density at radius 2 is 1.94 bits per heavy atom. The molecule has 0 bridgehead atoms. The fourth-order valence-corrected chi connectivity index (χ4v) is 4.08. The number of aromatic hydroxyl groups is 1. The second-order valence-electron chi connectivity index (χ2n) is 7.58. The lowest BCUT2D eigenvalue weighted by Crippen LogP contribution is -2.37. The highest BCUT2D eigenvalue weighted by Gasteiger charge is 2.19. The van der Waals surface area contributed by atoms with E-state index in [1.54, 1.807) is 36.5 Å². The number of fused-ring (bicyclic) bond motifs is 1. The zero-order chi connectivity index (χ0) is 22.5. The van der Waals surface area contributed by atoms with Crippen LogP contribution in [-0.2, 0) is 4.74 Å². The van der Waals surface area contributed by atoms with Crippen molar-refractivity contribution in [2.75, 3.05) is 46.5 Å². The molecule has 0 radical (unpaired) electrons. The molecule has 2 heterocycles. The predicted molar refractivity (Wildman–Crippen MR) is 127 cm³/mol. The van der Waals surface area contributed by atoms with Crippen molar-refractivity contribution in [2.24, 2.45) is 4.99 Å². The number of methoxy groups -OCH3 is 1. The van der Waals surface area contributed by atoms with Crippen LogP contribution in [0.1, 0.15) is 12.0 Å². The van der Waals surface area contributed by atoms with Gasteiger partial charge in [-0.1, -0.05) is 29.8 Å². The molecule has 1 aromatic heterocycles. The molecule has 0 atom stereocenters. The van der Waals surface area contributed by atoms with Crippen LogP contribution >= 0.6 is 11.6 Å². The van der Waals surface area contributed by atoms with Gasteiger partial charge in [0.05, 0.1) is 31.6 Å². The Hall–Kier alpha value is -2.87. The van der Waals surface area contributed by atoms with Gasteiger partial charge in [-0.15, -0.1) is 0 Å². The summed E-state index contributed by atoms with van der Waals surface area (Å²) in [6, 6.07) is 12.1. The minimum atomic E-state index is -0.358. The summed E-state index contributed by atoms with van der Waals surface area (Å²) < 4.78 is 12.0. The lowest BCUT2D eigenvalue weighted by atomic mass is 10.1. The molecule has 0 saturated carbocycles. The van der Waals surface area contributed by atoms with E-state index in [0.717, 1.165) is 39.3 Å². The highest BCUT2D eigenvalue weighted by Crippen LogP contribution is 2.31. The van der Waals surface area contributed by atoms with E-state index < -0.39 is 0 Å². The lowest BCUT2D eigenvalue weighted by Gasteiger charge is -2.26. The van der Waals surface area contributed by atoms with Gasteiger partial charge in [-0.2, -0.15) is 0 Å². The van der Waals surface area contributed by atoms with Crippen LogP contribution in [0.25, 0.3) is 16.5 Å². The fraction of sp³-hybridized carbons (Fsp3) is 0.333. The van der Waals surface area contributed by atoms with Crippen molar-refractivity contribution >= 4 is 28.6 Å². The smallest absolute Gasteiger partial charge is 0.265 e. The summed E-state index contributed by atoms with van der Waals surface area (Å²) in [4.78, 5) is 20.2. The van der Waals surface area contributed by atoms with Crippen LogP contribution in [-0.4, -0.2) is 67.3 Å². The summed E-state index contributed by atoms with van der Waals surface area (Å²) in [5.41, 5.74) is 0.493. The number of halogens is 1. The van der Waals surface area contributed by atoms with Crippen LogP contribution in [0.3, 0.4) is 0 Å². The zero-order valence-corrected chi connectivity index (χ0v) is 18.7. The molecule has 1 N–H and O–H groups in total. The fourth-order valence-electron chi connectivity index (χ4n) is 3.92. The molecule has 0 spiro atoms. The summed E-state index contributed by atoms with van der Waals surface area (Å²) in [5, 5.41) is 12.7. The highest BCUT2D eigenvalue weighted by molar-refractivity contribution is 6.30. The quantitative estimate of drug-likeness (QED) is 0.436. The van der Waals surface area contributed by atoms with E-state index in [2.05, 4.69) is 9.89 Å². The largest absolute Gasteiger partial charge is 0.495 e. The van der Waals surface area contributed by atoms with Crippen LogP contribution in [0.4, 0.5) is 0 Å². The molecule has 2 aromatic carbocycles. The van der Waals surface area contributed by atoms with E-state index in [1.165, 1.54) is 11.7 Å². The molecular formula is C24H26ClN3O4. The standard InChI is InChI=1S/C24H26ClN3O4/c1-31-22-8-7-17(25)15-21(22)28-23(29)19-6-3-2-5-18(19)20(24(28)30)16-26-9-4-10-27-11-13-32-14-12-27/h2-3,5-8,15-16,30H,4,9-14H2,1H3. The first-order chi connectivity index (χ1) is 15.6. The molecular weight excluding hydrogens is 430 g/mol. The van der Waals surface area contributed by atoms with Crippen molar-refractivity contribution in [1.29, 1.82) is 0 Å². The highest BCUT2D eigenvalue weighted by atomic mass is 35.5. The molecule has 1 aliphatic rings. The van der Waals surface area contributed by atoms with Crippen molar-refractivity contribution in [3.05, 3.63) is 63.4 Å². The third-order valence-corrected chi connectivity index (χ3v) is 5.81. The van der Waals surface area contributed by atoms with Gasteiger partial charge in [-0.3, -0.25) is 14.7 Å². The van der Waals surface area contributed by atoms with Gasteiger partial charge in [0, 0.05) is 48.2 Å². The number of rotatable bonds is 7. The number of hydrogen-bond acceptors (Lipinski definition) is 6. The average Bonchev–Trinajstić information content (AvgIpc) is 2.82. The maximum atomic E-state index is 13.3. The van der Waals surface area contributed by atoms with Gasteiger partial charge in [0.2, 0.25) is 5.88 Å². The Kier molecular flexibility index (Phi) is 7.09. The van der Waals surface area contributed by atoms with Crippen molar-refractivity contribution in [3.63, 3.8) is 0 Å². The first kappa shape index (κ1) is 22.3. The Morgan fingerprint density at radius 1 is 1.19 bits per heavy atom. The number of nitrogens with zero attached hydrogens (tertiary/aromatic N) is 3. The third-order valence-electron chi connectivity index (χ3n) is 5.57. The van der Waals surface area contributed by atoms with Gasteiger partial charge >= 0.3 is 0 Å². The first-order valence-electron chi connectivity index (χ1n) is 10.6. The van der Waals surface area contributed by atoms with Gasteiger partial charge in [-0.05, 0) is 30.7 Å². The molecule has 0 aliphatic carbocycles. The number of aromatic nitrogens is 1. The molecule has 1 aliphatic heterocycles. The average molecular weight is 456 g/mol. The molecule has 1 fully saturated rings. The Labute approximate surface area is 191 Å². The number of benzene rings is 2. The van der Waals surface area contributed by atoms with Gasteiger partial charge < -0.3 is 14.6 Å². The summed E-state index contributed by atoms with van der Waals surface area (Å²) in [6.45, 7) is 5.01. The van der Waals surface area contributed by atoms with Crippen LogP contribution in [0, 0.1) is 0 Å². The number of hydrogen-bond donors (Lipinski definition) is 1. The van der Waals surface area contributed by atoms with E-state index >= 15 is 0 Å². The molecule has 32 heavy (non-hydrogen) atoms.